The summed E-state index contributed by atoms with van der Waals surface area (Å²) in [5.41, 5.74) is 4.83. The van der Waals surface area contributed by atoms with Crippen molar-refractivity contribution >= 4 is 33.3 Å². The SMILES string of the molecule is CS(=O)(=O)c1cncc(C(=O)N2C(C(N)=O)CC3CC32[C@@H](c2cc(F)c(Cl)cc2F)C2CC2)c1. The summed E-state index contributed by atoms with van der Waals surface area (Å²) < 4.78 is 53.5. The van der Waals surface area contributed by atoms with E-state index in [1.165, 1.54) is 17.2 Å². The summed E-state index contributed by atoms with van der Waals surface area (Å²) in [5, 5.41) is -0.335. The number of nitrogens with zero attached hydrogens (tertiary/aromatic N) is 2. The summed E-state index contributed by atoms with van der Waals surface area (Å²) in [4.78, 5) is 31.3. The number of halogens is 3. The molecule has 3 fully saturated rings. The van der Waals surface area contributed by atoms with Crippen molar-refractivity contribution in [3.63, 3.8) is 0 Å². The normalized spacial score (nSPS) is 26.8. The van der Waals surface area contributed by atoms with E-state index in [9.17, 15) is 22.4 Å². The molecule has 1 aliphatic heterocycles. The maximum atomic E-state index is 15.1. The van der Waals surface area contributed by atoms with Crippen LogP contribution in [0.1, 0.15) is 47.5 Å². The van der Waals surface area contributed by atoms with Crippen LogP contribution in [0, 0.1) is 23.5 Å². The third kappa shape index (κ3) is 3.58. The van der Waals surface area contributed by atoms with Crippen LogP contribution in [-0.4, -0.2) is 48.0 Å². The van der Waals surface area contributed by atoms with Crippen LogP contribution < -0.4 is 5.73 Å². The van der Waals surface area contributed by atoms with E-state index in [1.54, 1.807) is 0 Å². The van der Waals surface area contributed by atoms with E-state index in [0.717, 1.165) is 37.4 Å². The number of fused-ring (bicyclic) bond motifs is 1. The average Bonchev–Trinajstić information content (AvgIpc) is 3.69. The Bertz CT molecular complexity index is 1330. The number of amides is 2. The number of hydrogen-bond acceptors (Lipinski definition) is 5. The van der Waals surface area contributed by atoms with Crippen LogP contribution in [0.25, 0.3) is 0 Å². The van der Waals surface area contributed by atoms with Crippen molar-refractivity contribution in [1.29, 1.82) is 0 Å². The van der Waals surface area contributed by atoms with Crippen molar-refractivity contribution in [1.82, 2.24) is 9.88 Å². The molecule has 0 bridgehead atoms. The van der Waals surface area contributed by atoms with Crippen LogP contribution in [0.2, 0.25) is 5.02 Å². The quantitative estimate of drug-likeness (QED) is 0.602. The number of carbonyl (C=O) groups is 2. The number of rotatable bonds is 6. The molecule has 3 unspecified atom stereocenters. The molecule has 3 aliphatic rings. The molecule has 11 heteroatoms. The van der Waals surface area contributed by atoms with E-state index in [0.29, 0.717) is 12.8 Å². The standard InChI is InChI=1S/C23H22ClF2N3O4S/c1-34(32,33)14-4-12(9-28-10-14)22(31)29-19(21(27)30)5-13-8-23(13,29)20(11-2-3-11)15-6-18(26)16(24)7-17(15)25/h4,6-7,9-11,13,19-20H,2-3,5,8H2,1H3,(H2,27,30)/t13?,19?,20-,23?/m1/s1. The third-order valence-electron chi connectivity index (χ3n) is 7.33. The highest BCUT2D eigenvalue weighted by atomic mass is 35.5. The first-order valence-corrected chi connectivity index (χ1v) is 13.1. The molecule has 2 heterocycles. The highest BCUT2D eigenvalue weighted by Gasteiger charge is 2.73. The lowest BCUT2D eigenvalue weighted by Gasteiger charge is -2.38. The molecule has 2 amide bonds. The van der Waals surface area contributed by atoms with Gasteiger partial charge in [0.25, 0.3) is 5.91 Å². The van der Waals surface area contributed by atoms with Crippen LogP contribution in [0.3, 0.4) is 0 Å². The summed E-state index contributed by atoms with van der Waals surface area (Å²) in [6.45, 7) is 0. The molecule has 2 aromatic rings. The van der Waals surface area contributed by atoms with Gasteiger partial charge in [0.05, 0.1) is 21.0 Å². The number of likely N-dealkylation sites (tertiary alicyclic amines) is 1. The molecule has 5 rings (SSSR count). The predicted octanol–water partition coefficient (Wildman–Crippen LogP) is 3.07. The average molecular weight is 510 g/mol. The number of carbonyl (C=O) groups excluding carboxylic acids is 2. The van der Waals surface area contributed by atoms with Gasteiger partial charge in [-0.3, -0.25) is 14.6 Å². The van der Waals surface area contributed by atoms with Gasteiger partial charge in [0.2, 0.25) is 5.91 Å². The zero-order valence-electron chi connectivity index (χ0n) is 18.2. The second-order valence-corrected chi connectivity index (χ2v) is 11.9. The number of sulfone groups is 1. The fourth-order valence-electron chi connectivity index (χ4n) is 5.70. The fourth-order valence-corrected chi connectivity index (χ4v) is 6.45. The monoisotopic (exact) mass is 509 g/mol. The maximum Gasteiger partial charge on any atom is 0.256 e. The minimum atomic E-state index is -3.64. The lowest BCUT2D eigenvalue weighted by molar-refractivity contribution is -0.122. The molecule has 180 valence electrons. The number of aromatic nitrogens is 1. The Kier molecular flexibility index (Phi) is 5.25. The van der Waals surface area contributed by atoms with Gasteiger partial charge < -0.3 is 10.6 Å². The van der Waals surface area contributed by atoms with Gasteiger partial charge in [-0.15, -0.1) is 0 Å². The van der Waals surface area contributed by atoms with E-state index in [2.05, 4.69) is 4.98 Å². The van der Waals surface area contributed by atoms with Crippen molar-refractivity contribution in [2.45, 2.75) is 48.1 Å². The number of primary amides is 1. The van der Waals surface area contributed by atoms with Crippen molar-refractivity contribution in [2.75, 3.05) is 6.26 Å². The van der Waals surface area contributed by atoms with Gasteiger partial charge in [-0.25, -0.2) is 17.2 Å². The van der Waals surface area contributed by atoms with Crippen molar-refractivity contribution in [3.8, 4) is 0 Å². The maximum absolute atomic E-state index is 15.1. The lowest BCUT2D eigenvalue weighted by atomic mass is 9.82. The first-order valence-electron chi connectivity index (χ1n) is 10.9. The summed E-state index contributed by atoms with van der Waals surface area (Å²) in [7, 11) is -3.64. The predicted molar refractivity (Wildman–Crippen MR) is 119 cm³/mol. The Labute approximate surface area is 200 Å². The second-order valence-electron chi connectivity index (χ2n) is 9.51. The molecular weight excluding hydrogens is 488 g/mol. The second kappa shape index (κ2) is 7.71. The van der Waals surface area contributed by atoms with Gasteiger partial charge >= 0.3 is 0 Å². The molecule has 2 N–H and O–H groups in total. The number of hydrogen-bond donors (Lipinski definition) is 1. The van der Waals surface area contributed by atoms with Crippen LogP contribution >= 0.6 is 11.6 Å². The molecule has 7 nitrogen and oxygen atoms in total. The number of nitrogens with two attached hydrogens (primary N) is 1. The summed E-state index contributed by atoms with van der Waals surface area (Å²) >= 11 is 5.77. The molecule has 0 radical (unpaired) electrons. The summed E-state index contributed by atoms with van der Waals surface area (Å²) in [6.07, 6.45) is 5.73. The highest BCUT2D eigenvalue weighted by Crippen LogP contribution is 2.69. The van der Waals surface area contributed by atoms with E-state index in [4.69, 9.17) is 17.3 Å². The zero-order chi connectivity index (χ0) is 24.6. The van der Waals surface area contributed by atoms with Gasteiger partial charge in [-0.05, 0) is 61.3 Å². The highest BCUT2D eigenvalue weighted by molar-refractivity contribution is 7.90. The lowest BCUT2D eigenvalue weighted by Crippen LogP contribution is -2.53. The largest absolute Gasteiger partial charge is 0.368 e. The molecule has 34 heavy (non-hydrogen) atoms. The molecule has 2 saturated carbocycles. The fraction of sp³-hybridized carbons (Fsp3) is 0.435. The van der Waals surface area contributed by atoms with Crippen LogP contribution in [0.15, 0.2) is 35.5 Å². The van der Waals surface area contributed by atoms with Crippen molar-refractivity contribution in [2.24, 2.45) is 17.6 Å². The molecule has 4 atom stereocenters. The molecular formula is C23H22ClF2N3O4S. The van der Waals surface area contributed by atoms with E-state index < -0.39 is 50.8 Å². The van der Waals surface area contributed by atoms with E-state index in [1.807, 2.05) is 0 Å². The minimum Gasteiger partial charge on any atom is -0.368 e. The zero-order valence-corrected chi connectivity index (χ0v) is 19.7. The van der Waals surface area contributed by atoms with Gasteiger partial charge in [0.1, 0.15) is 17.7 Å². The Hall–Kier alpha value is -2.59. The van der Waals surface area contributed by atoms with Crippen LogP contribution in [-0.2, 0) is 14.6 Å². The molecule has 1 aromatic heterocycles. The first-order chi connectivity index (χ1) is 15.9. The summed E-state index contributed by atoms with van der Waals surface area (Å²) in [5.74, 6) is -3.41. The molecule has 0 spiro atoms. The van der Waals surface area contributed by atoms with Crippen molar-refractivity contribution in [3.05, 3.63) is 58.4 Å². The van der Waals surface area contributed by atoms with Crippen LogP contribution in [0.4, 0.5) is 8.78 Å². The van der Waals surface area contributed by atoms with Crippen LogP contribution in [0.5, 0.6) is 0 Å². The van der Waals surface area contributed by atoms with Gasteiger partial charge in [-0.2, -0.15) is 0 Å². The Morgan fingerprint density at radius 1 is 1.21 bits per heavy atom. The minimum absolute atomic E-state index is 0.00230. The number of benzene rings is 1. The Morgan fingerprint density at radius 2 is 1.91 bits per heavy atom. The van der Waals surface area contributed by atoms with Gasteiger partial charge in [-0.1, -0.05) is 11.6 Å². The Balaban J connectivity index is 1.63. The number of pyridine rings is 1. The molecule has 1 aromatic carbocycles. The molecule has 1 saturated heterocycles. The first kappa shape index (κ1) is 23.2. The Morgan fingerprint density at radius 3 is 2.53 bits per heavy atom. The van der Waals surface area contributed by atoms with Crippen molar-refractivity contribution < 1.29 is 26.8 Å². The van der Waals surface area contributed by atoms with E-state index in [-0.39, 0.29) is 32.9 Å². The smallest absolute Gasteiger partial charge is 0.256 e. The number of piperidine rings is 1. The van der Waals surface area contributed by atoms with E-state index >= 15 is 4.39 Å². The molecule has 2 aliphatic carbocycles. The van der Waals surface area contributed by atoms with Gasteiger partial charge in [0, 0.05) is 24.6 Å². The summed E-state index contributed by atoms with van der Waals surface area (Å²) in [6, 6.07) is 2.27. The van der Waals surface area contributed by atoms with Gasteiger partial charge in [0.15, 0.2) is 9.84 Å². The topological polar surface area (TPSA) is 110 Å². The third-order valence-corrected chi connectivity index (χ3v) is 8.70.